The van der Waals surface area contributed by atoms with Gasteiger partial charge in [0.2, 0.25) is 0 Å². The van der Waals surface area contributed by atoms with Gasteiger partial charge in [0.15, 0.2) is 0 Å². The van der Waals surface area contributed by atoms with Crippen LogP contribution >= 0.6 is 27.5 Å². The number of nitrogens with zero attached hydrogens (tertiary/aromatic N) is 1. The Bertz CT molecular complexity index is 312. The zero-order valence-electron chi connectivity index (χ0n) is 7.06. The topological polar surface area (TPSA) is 24.9 Å². The molecular formula is C9H10BrClN2. The summed E-state index contributed by atoms with van der Waals surface area (Å²) in [4.78, 5) is 4.21. The molecular weight excluding hydrogens is 251 g/mol. The molecule has 1 aliphatic carbocycles. The van der Waals surface area contributed by atoms with Crippen molar-refractivity contribution in [3.8, 4) is 0 Å². The number of nitrogens with one attached hydrogen (secondary N) is 1. The smallest absolute Gasteiger partial charge is 0.145 e. The molecule has 0 aliphatic heterocycles. The Balaban J connectivity index is 2.10. The zero-order chi connectivity index (χ0) is 9.26. The van der Waals surface area contributed by atoms with Gasteiger partial charge in [0.1, 0.15) is 5.82 Å². The standard InChI is InChI=1S/C9H10BrClN2/c10-6-4-8(11)9(12-5-6)13-7-2-1-3-7/h4-5,7H,1-3H2,(H,12,13). The van der Waals surface area contributed by atoms with Crippen LogP contribution in [0.3, 0.4) is 0 Å². The Kier molecular flexibility index (Phi) is 2.74. The fourth-order valence-electron chi connectivity index (χ4n) is 1.27. The van der Waals surface area contributed by atoms with Gasteiger partial charge in [-0.25, -0.2) is 4.98 Å². The summed E-state index contributed by atoms with van der Waals surface area (Å²) in [7, 11) is 0. The van der Waals surface area contributed by atoms with E-state index in [2.05, 4.69) is 26.2 Å². The third-order valence-electron chi connectivity index (χ3n) is 2.25. The number of hydrogen-bond donors (Lipinski definition) is 1. The van der Waals surface area contributed by atoms with Crippen LogP contribution in [0.2, 0.25) is 5.02 Å². The van der Waals surface area contributed by atoms with Crippen molar-refractivity contribution >= 4 is 33.3 Å². The minimum atomic E-state index is 0.575. The molecule has 0 saturated heterocycles. The molecule has 13 heavy (non-hydrogen) atoms. The molecule has 0 aromatic carbocycles. The summed E-state index contributed by atoms with van der Waals surface area (Å²) in [6.45, 7) is 0. The normalized spacial score (nSPS) is 16.8. The molecule has 0 amide bonds. The summed E-state index contributed by atoms with van der Waals surface area (Å²) in [5.41, 5.74) is 0. The van der Waals surface area contributed by atoms with Crippen molar-refractivity contribution in [2.24, 2.45) is 0 Å². The molecule has 1 saturated carbocycles. The zero-order valence-corrected chi connectivity index (χ0v) is 9.40. The molecule has 1 aromatic rings. The number of aromatic nitrogens is 1. The summed E-state index contributed by atoms with van der Waals surface area (Å²) in [6, 6.07) is 2.43. The highest BCUT2D eigenvalue weighted by atomic mass is 79.9. The van der Waals surface area contributed by atoms with E-state index in [9.17, 15) is 0 Å². The van der Waals surface area contributed by atoms with Crippen LogP contribution in [0.15, 0.2) is 16.7 Å². The highest BCUT2D eigenvalue weighted by Crippen LogP contribution is 2.27. The van der Waals surface area contributed by atoms with E-state index >= 15 is 0 Å². The van der Waals surface area contributed by atoms with Gasteiger partial charge in [-0.1, -0.05) is 11.6 Å². The lowest BCUT2D eigenvalue weighted by atomic mass is 9.93. The van der Waals surface area contributed by atoms with Crippen molar-refractivity contribution in [3.63, 3.8) is 0 Å². The molecule has 1 heterocycles. The van der Waals surface area contributed by atoms with Gasteiger partial charge in [0, 0.05) is 16.7 Å². The number of hydrogen-bond acceptors (Lipinski definition) is 2. The first kappa shape index (κ1) is 9.28. The van der Waals surface area contributed by atoms with Crippen LogP contribution in [0.1, 0.15) is 19.3 Å². The minimum absolute atomic E-state index is 0.575. The maximum absolute atomic E-state index is 6.00. The van der Waals surface area contributed by atoms with Crippen molar-refractivity contribution < 1.29 is 0 Å². The minimum Gasteiger partial charge on any atom is -0.366 e. The van der Waals surface area contributed by atoms with E-state index in [-0.39, 0.29) is 0 Å². The van der Waals surface area contributed by atoms with Crippen molar-refractivity contribution in [1.29, 1.82) is 0 Å². The fraction of sp³-hybridized carbons (Fsp3) is 0.444. The molecule has 0 atom stereocenters. The summed E-state index contributed by atoms with van der Waals surface area (Å²) < 4.78 is 0.914. The maximum atomic E-state index is 6.00. The lowest BCUT2D eigenvalue weighted by Crippen LogP contribution is -2.27. The highest BCUT2D eigenvalue weighted by molar-refractivity contribution is 9.10. The third kappa shape index (κ3) is 2.15. The van der Waals surface area contributed by atoms with Crippen LogP contribution in [0, 0.1) is 0 Å². The van der Waals surface area contributed by atoms with Crippen LogP contribution in [-0.2, 0) is 0 Å². The molecule has 0 bridgehead atoms. The van der Waals surface area contributed by atoms with Gasteiger partial charge in [0.25, 0.3) is 0 Å². The summed E-state index contributed by atoms with van der Waals surface area (Å²) in [5, 5.41) is 3.99. The van der Waals surface area contributed by atoms with Gasteiger partial charge >= 0.3 is 0 Å². The SMILES string of the molecule is Clc1cc(Br)cnc1NC1CCC1. The number of halogens is 2. The number of pyridine rings is 1. The monoisotopic (exact) mass is 260 g/mol. The second-order valence-corrected chi connectivity index (χ2v) is 4.58. The molecule has 1 N–H and O–H groups in total. The Morgan fingerprint density at radius 2 is 2.31 bits per heavy atom. The van der Waals surface area contributed by atoms with E-state index < -0.39 is 0 Å². The van der Waals surface area contributed by atoms with Crippen LogP contribution in [-0.4, -0.2) is 11.0 Å². The molecule has 0 spiro atoms. The van der Waals surface area contributed by atoms with Gasteiger partial charge < -0.3 is 5.32 Å². The molecule has 2 rings (SSSR count). The Hall–Kier alpha value is -0.280. The predicted molar refractivity (Wildman–Crippen MR) is 58.2 cm³/mol. The Morgan fingerprint density at radius 1 is 1.54 bits per heavy atom. The van der Waals surface area contributed by atoms with Crippen LogP contribution in [0.4, 0.5) is 5.82 Å². The van der Waals surface area contributed by atoms with Gasteiger partial charge in [-0.2, -0.15) is 0 Å². The average Bonchev–Trinajstić information content (AvgIpc) is 1.99. The number of anilines is 1. The molecule has 0 radical (unpaired) electrons. The first-order valence-electron chi connectivity index (χ1n) is 4.33. The van der Waals surface area contributed by atoms with Crippen molar-refractivity contribution in [2.45, 2.75) is 25.3 Å². The molecule has 1 aliphatic rings. The second kappa shape index (κ2) is 3.84. The van der Waals surface area contributed by atoms with E-state index in [0.717, 1.165) is 10.3 Å². The molecule has 0 unspecified atom stereocenters. The lowest BCUT2D eigenvalue weighted by molar-refractivity contribution is 0.444. The average molecular weight is 262 g/mol. The quantitative estimate of drug-likeness (QED) is 0.882. The van der Waals surface area contributed by atoms with Gasteiger partial charge in [-0.3, -0.25) is 0 Å². The van der Waals surface area contributed by atoms with E-state index in [1.165, 1.54) is 19.3 Å². The van der Waals surface area contributed by atoms with Crippen molar-refractivity contribution in [2.75, 3.05) is 5.32 Å². The molecule has 1 aromatic heterocycles. The van der Waals surface area contributed by atoms with Crippen LogP contribution < -0.4 is 5.32 Å². The second-order valence-electron chi connectivity index (χ2n) is 3.26. The van der Waals surface area contributed by atoms with Crippen LogP contribution in [0.25, 0.3) is 0 Å². The largest absolute Gasteiger partial charge is 0.366 e. The van der Waals surface area contributed by atoms with E-state index in [1.54, 1.807) is 6.20 Å². The molecule has 4 heteroatoms. The van der Waals surface area contributed by atoms with Crippen molar-refractivity contribution in [1.82, 2.24) is 4.98 Å². The summed E-state index contributed by atoms with van der Waals surface area (Å²) in [5.74, 6) is 0.801. The molecule has 1 fully saturated rings. The Morgan fingerprint density at radius 3 is 2.85 bits per heavy atom. The van der Waals surface area contributed by atoms with Gasteiger partial charge in [0.05, 0.1) is 5.02 Å². The first-order chi connectivity index (χ1) is 6.25. The van der Waals surface area contributed by atoms with Crippen LogP contribution in [0.5, 0.6) is 0 Å². The van der Waals surface area contributed by atoms with E-state index in [1.807, 2.05) is 6.07 Å². The number of rotatable bonds is 2. The predicted octanol–water partition coefficient (Wildman–Crippen LogP) is 3.46. The summed E-state index contributed by atoms with van der Waals surface area (Å²) in [6.07, 6.45) is 5.53. The molecule has 2 nitrogen and oxygen atoms in total. The summed E-state index contributed by atoms with van der Waals surface area (Å²) >= 11 is 9.32. The first-order valence-corrected chi connectivity index (χ1v) is 5.50. The van der Waals surface area contributed by atoms with Crippen molar-refractivity contribution in [3.05, 3.63) is 21.8 Å². The van der Waals surface area contributed by atoms with E-state index in [0.29, 0.717) is 11.1 Å². The third-order valence-corrected chi connectivity index (χ3v) is 2.98. The van der Waals surface area contributed by atoms with Gasteiger partial charge in [-0.15, -0.1) is 0 Å². The van der Waals surface area contributed by atoms with E-state index in [4.69, 9.17) is 11.6 Å². The maximum Gasteiger partial charge on any atom is 0.145 e. The highest BCUT2D eigenvalue weighted by Gasteiger charge is 2.18. The lowest BCUT2D eigenvalue weighted by Gasteiger charge is -2.27. The molecule has 70 valence electrons. The fourth-order valence-corrected chi connectivity index (χ4v) is 1.95. The van der Waals surface area contributed by atoms with Gasteiger partial charge in [-0.05, 0) is 41.3 Å². The Labute approximate surface area is 90.8 Å².